The van der Waals surface area contributed by atoms with Gasteiger partial charge in [0.15, 0.2) is 0 Å². The molecule has 0 spiro atoms. The summed E-state index contributed by atoms with van der Waals surface area (Å²) >= 11 is 6.24. The Kier molecular flexibility index (Phi) is 7.82. The van der Waals surface area contributed by atoms with Gasteiger partial charge in [0.2, 0.25) is 10.0 Å². The number of benzene rings is 2. The molecule has 158 valence electrons. The Balaban J connectivity index is 2.37. The second-order valence-corrected chi connectivity index (χ2v) is 9.86. The number of nitrogens with one attached hydrogen (secondary N) is 1. The van der Waals surface area contributed by atoms with Gasteiger partial charge in [-0.3, -0.25) is 4.79 Å². The molecule has 2 rings (SSSR count). The van der Waals surface area contributed by atoms with E-state index >= 15 is 0 Å². The molecule has 0 aliphatic heterocycles. The highest BCUT2D eigenvalue weighted by Gasteiger charge is 2.26. The van der Waals surface area contributed by atoms with Gasteiger partial charge in [0, 0.05) is 19.6 Å². The van der Waals surface area contributed by atoms with Gasteiger partial charge in [0.05, 0.1) is 21.5 Å². The minimum absolute atomic E-state index is 0.0344. The Morgan fingerprint density at radius 2 is 1.69 bits per heavy atom. The van der Waals surface area contributed by atoms with E-state index in [2.05, 4.69) is 5.32 Å². The molecule has 1 unspecified atom stereocenters. The van der Waals surface area contributed by atoms with Crippen LogP contribution in [0.3, 0.4) is 0 Å². The molecule has 0 radical (unpaired) electrons. The first kappa shape index (κ1) is 23.3. The molecule has 0 saturated heterocycles. The van der Waals surface area contributed by atoms with Gasteiger partial charge in [-0.25, -0.2) is 8.42 Å². The Morgan fingerprint density at radius 1 is 1.07 bits per heavy atom. The van der Waals surface area contributed by atoms with E-state index in [4.69, 9.17) is 11.6 Å². The molecule has 0 fully saturated rings. The summed E-state index contributed by atoms with van der Waals surface area (Å²) < 4.78 is 26.8. The fourth-order valence-electron chi connectivity index (χ4n) is 2.80. The summed E-state index contributed by atoms with van der Waals surface area (Å²) in [4.78, 5) is 15.0. The Morgan fingerprint density at radius 3 is 2.24 bits per heavy atom. The number of nitrogens with zero attached hydrogens (tertiary/aromatic N) is 2. The fourth-order valence-corrected chi connectivity index (χ4v) is 4.40. The highest BCUT2D eigenvalue weighted by molar-refractivity contribution is 7.89. The molecule has 0 heterocycles. The zero-order valence-electron chi connectivity index (χ0n) is 17.4. The van der Waals surface area contributed by atoms with Gasteiger partial charge in [-0.05, 0) is 51.7 Å². The first-order valence-corrected chi connectivity index (χ1v) is 11.1. The van der Waals surface area contributed by atoms with Crippen molar-refractivity contribution < 1.29 is 13.2 Å². The van der Waals surface area contributed by atoms with Gasteiger partial charge in [-0.15, -0.1) is 0 Å². The quantitative estimate of drug-likeness (QED) is 0.687. The standard InChI is InChI=1S/C21H28ClN3O3S/c1-15(2)25(5)29(27,28)17-11-12-19(22)18(13-17)21(26)23-20(14-24(3)4)16-9-7-6-8-10-16/h6-13,15,20H,14H2,1-5H3,(H,23,26). The maximum absolute atomic E-state index is 13.0. The van der Waals surface area contributed by atoms with Crippen molar-refractivity contribution in [3.8, 4) is 0 Å². The van der Waals surface area contributed by atoms with Gasteiger partial charge in [0.25, 0.3) is 5.91 Å². The van der Waals surface area contributed by atoms with Gasteiger partial charge >= 0.3 is 0 Å². The van der Waals surface area contributed by atoms with Crippen LogP contribution < -0.4 is 5.32 Å². The van der Waals surface area contributed by atoms with Crippen molar-refractivity contribution in [3.63, 3.8) is 0 Å². The normalized spacial score (nSPS) is 13.1. The molecule has 8 heteroatoms. The van der Waals surface area contributed by atoms with Gasteiger partial charge in [-0.1, -0.05) is 41.9 Å². The van der Waals surface area contributed by atoms with E-state index in [1.54, 1.807) is 13.8 Å². The minimum atomic E-state index is -3.72. The van der Waals surface area contributed by atoms with Crippen LogP contribution in [0.5, 0.6) is 0 Å². The predicted octanol–water partition coefficient (Wildman–Crippen LogP) is 3.40. The van der Waals surface area contributed by atoms with Gasteiger partial charge < -0.3 is 10.2 Å². The molecule has 0 aromatic heterocycles. The lowest BCUT2D eigenvalue weighted by Crippen LogP contribution is -2.36. The van der Waals surface area contributed by atoms with Crippen molar-refractivity contribution in [1.82, 2.24) is 14.5 Å². The second kappa shape index (κ2) is 9.71. The van der Waals surface area contributed by atoms with Crippen molar-refractivity contribution in [2.75, 3.05) is 27.7 Å². The Bertz CT molecular complexity index is 947. The lowest BCUT2D eigenvalue weighted by Gasteiger charge is -2.24. The van der Waals surface area contributed by atoms with Crippen molar-refractivity contribution >= 4 is 27.5 Å². The van der Waals surface area contributed by atoms with E-state index in [0.29, 0.717) is 6.54 Å². The molecular formula is C21H28ClN3O3S. The Labute approximate surface area is 178 Å². The number of hydrogen-bond acceptors (Lipinski definition) is 4. The number of carbonyl (C=O) groups is 1. The van der Waals surface area contributed by atoms with Gasteiger partial charge in [-0.2, -0.15) is 4.31 Å². The first-order valence-electron chi connectivity index (χ1n) is 9.32. The summed E-state index contributed by atoms with van der Waals surface area (Å²) in [5.41, 5.74) is 1.08. The van der Waals surface area contributed by atoms with E-state index < -0.39 is 15.9 Å². The summed E-state index contributed by atoms with van der Waals surface area (Å²) in [6.45, 7) is 4.15. The van der Waals surface area contributed by atoms with Crippen LogP contribution in [-0.4, -0.2) is 57.3 Å². The van der Waals surface area contributed by atoms with Crippen LogP contribution in [0.2, 0.25) is 5.02 Å². The molecule has 0 saturated carbocycles. The van der Waals surface area contributed by atoms with Crippen LogP contribution in [0.4, 0.5) is 0 Å². The molecule has 1 N–H and O–H groups in total. The van der Waals surface area contributed by atoms with Crippen LogP contribution in [-0.2, 0) is 10.0 Å². The highest BCUT2D eigenvalue weighted by Crippen LogP contribution is 2.24. The van der Waals surface area contributed by atoms with Gasteiger partial charge in [0.1, 0.15) is 0 Å². The van der Waals surface area contributed by atoms with E-state index in [9.17, 15) is 13.2 Å². The van der Waals surface area contributed by atoms with Crippen LogP contribution >= 0.6 is 11.6 Å². The Hall–Kier alpha value is -1.93. The molecule has 29 heavy (non-hydrogen) atoms. The molecule has 0 bridgehead atoms. The highest BCUT2D eigenvalue weighted by atomic mass is 35.5. The van der Waals surface area contributed by atoms with E-state index in [-0.39, 0.29) is 27.6 Å². The minimum Gasteiger partial charge on any atom is -0.344 e. The zero-order valence-corrected chi connectivity index (χ0v) is 19.0. The average Bonchev–Trinajstić information content (AvgIpc) is 2.67. The number of amides is 1. The molecule has 6 nitrogen and oxygen atoms in total. The lowest BCUT2D eigenvalue weighted by atomic mass is 10.1. The topological polar surface area (TPSA) is 69.7 Å². The fraction of sp³-hybridized carbons (Fsp3) is 0.381. The number of sulfonamides is 1. The maximum Gasteiger partial charge on any atom is 0.253 e. The number of carbonyl (C=O) groups excluding carboxylic acids is 1. The van der Waals surface area contributed by atoms with Crippen molar-refractivity contribution in [2.45, 2.75) is 30.8 Å². The molecule has 2 aromatic carbocycles. The number of hydrogen-bond donors (Lipinski definition) is 1. The molecule has 1 amide bonds. The average molecular weight is 438 g/mol. The summed E-state index contributed by atoms with van der Waals surface area (Å²) in [5.74, 6) is -0.421. The monoisotopic (exact) mass is 437 g/mol. The maximum atomic E-state index is 13.0. The van der Waals surface area contributed by atoms with Crippen LogP contribution in [0.1, 0.15) is 35.8 Å². The van der Waals surface area contributed by atoms with Crippen molar-refractivity contribution in [3.05, 3.63) is 64.7 Å². The zero-order chi connectivity index (χ0) is 21.8. The first-order chi connectivity index (χ1) is 13.5. The number of rotatable bonds is 8. The van der Waals surface area contributed by atoms with Crippen LogP contribution in [0, 0.1) is 0 Å². The summed E-state index contributed by atoms with van der Waals surface area (Å²) in [6.07, 6.45) is 0. The van der Waals surface area contributed by atoms with Crippen molar-refractivity contribution in [1.29, 1.82) is 0 Å². The molecule has 0 aliphatic rings. The molecule has 2 aromatic rings. The third-order valence-electron chi connectivity index (χ3n) is 4.64. The molecule has 0 aliphatic carbocycles. The molecular weight excluding hydrogens is 410 g/mol. The second-order valence-electron chi connectivity index (χ2n) is 7.46. The third kappa shape index (κ3) is 5.79. The smallest absolute Gasteiger partial charge is 0.253 e. The lowest BCUT2D eigenvalue weighted by molar-refractivity contribution is 0.0930. The van der Waals surface area contributed by atoms with E-state index in [1.165, 1.54) is 29.6 Å². The summed E-state index contributed by atoms with van der Waals surface area (Å²) in [6, 6.07) is 13.3. The number of likely N-dealkylation sites (N-methyl/N-ethyl adjacent to an activating group) is 1. The third-order valence-corrected chi connectivity index (χ3v) is 7.00. The van der Waals surface area contributed by atoms with Crippen molar-refractivity contribution in [2.24, 2.45) is 0 Å². The largest absolute Gasteiger partial charge is 0.344 e. The molecule has 1 atom stereocenters. The van der Waals surface area contributed by atoms with Crippen LogP contribution in [0.15, 0.2) is 53.4 Å². The SMILES string of the molecule is CC(C)N(C)S(=O)(=O)c1ccc(Cl)c(C(=O)NC(CN(C)C)c2ccccc2)c1. The van der Waals surface area contributed by atoms with E-state index in [0.717, 1.165) is 5.56 Å². The predicted molar refractivity (Wildman–Crippen MR) is 117 cm³/mol. The number of halogens is 1. The summed E-state index contributed by atoms with van der Waals surface area (Å²) in [7, 11) is 1.63. The van der Waals surface area contributed by atoms with Crippen LogP contribution in [0.25, 0.3) is 0 Å². The summed E-state index contributed by atoms with van der Waals surface area (Å²) in [5, 5.41) is 3.18. The van der Waals surface area contributed by atoms with E-state index in [1.807, 2.05) is 49.3 Å².